The van der Waals surface area contributed by atoms with Gasteiger partial charge in [-0.05, 0) is 28.8 Å². The van der Waals surface area contributed by atoms with Crippen molar-refractivity contribution in [3.8, 4) is 11.1 Å². The third-order valence-corrected chi connectivity index (χ3v) is 3.60. The highest BCUT2D eigenvalue weighted by Crippen LogP contribution is 2.22. The van der Waals surface area contributed by atoms with Gasteiger partial charge in [0, 0.05) is 11.4 Å². The molecule has 0 N–H and O–H groups in total. The molecule has 0 fully saturated rings. The summed E-state index contributed by atoms with van der Waals surface area (Å²) >= 11 is 11.5. The van der Waals surface area contributed by atoms with E-state index in [4.69, 9.17) is 27.7 Å². The van der Waals surface area contributed by atoms with E-state index < -0.39 is 0 Å². The third-order valence-electron chi connectivity index (χ3n) is 3.12. The highest BCUT2D eigenvalue weighted by molar-refractivity contribution is 6.30. The summed E-state index contributed by atoms with van der Waals surface area (Å²) in [5.74, 6) is 1.33. The van der Waals surface area contributed by atoms with Crippen LogP contribution >= 0.6 is 23.2 Å². The van der Waals surface area contributed by atoms with Crippen LogP contribution in [0.3, 0.4) is 0 Å². The van der Waals surface area contributed by atoms with E-state index in [0.29, 0.717) is 18.1 Å². The molecule has 1 heterocycles. The smallest absolute Gasteiger partial charge is 0.241 e. The number of alkyl halides is 1. The third kappa shape index (κ3) is 3.43. The van der Waals surface area contributed by atoms with Crippen molar-refractivity contribution in [1.29, 1.82) is 0 Å². The molecule has 1 aromatic heterocycles. The molecule has 3 rings (SSSR count). The van der Waals surface area contributed by atoms with Crippen LogP contribution < -0.4 is 0 Å². The molecule has 5 heteroatoms. The predicted molar refractivity (Wildman–Crippen MR) is 83.5 cm³/mol. The number of benzene rings is 2. The van der Waals surface area contributed by atoms with Crippen LogP contribution in [0.4, 0.5) is 0 Å². The largest absolute Gasteiger partial charge is 0.338 e. The Labute approximate surface area is 132 Å². The Morgan fingerprint density at radius 2 is 1.52 bits per heavy atom. The van der Waals surface area contributed by atoms with Gasteiger partial charge in [0.25, 0.3) is 0 Å². The van der Waals surface area contributed by atoms with E-state index in [-0.39, 0.29) is 5.88 Å². The molecule has 3 aromatic rings. The Morgan fingerprint density at radius 1 is 0.905 bits per heavy atom. The van der Waals surface area contributed by atoms with Crippen molar-refractivity contribution in [2.75, 3.05) is 0 Å². The van der Waals surface area contributed by atoms with Crippen LogP contribution in [0.15, 0.2) is 53.1 Å². The molecule has 0 amide bonds. The second-order valence-electron chi connectivity index (χ2n) is 4.62. The number of aromatic nitrogens is 2. The second-order valence-corrected chi connectivity index (χ2v) is 5.32. The fourth-order valence-corrected chi connectivity index (χ4v) is 2.29. The predicted octanol–water partition coefficient (Wildman–Crippen LogP) is 4.72. The molecule has 106 valence electrons. The molecule has 0 saturated carbocycles. The average Bonchev–Trinajstić information content (AvgIpc) is 2.97. The van der Waals surface area contributed by atoms with Gasteiger partial charge in [0.1, 0.15) is 5.88 Å². The first kappa shape index (κ1) is 14.1. The summed E-state index contributed by atoms with van der Waals surface area (Å²) in [6.07, 6.45) is 0.626. The van der Waals surface area contributed by atoms with Crippen molar-refractivity contribution in [1.82, 2.24) is 10.1 Å². The maximum absolute atomic E-state index is 5.90. The van der Waals surface area contributed by atoms with Crippen LogP contribution in [0, 0.1) is 0 Å². The number of nitrogens with zero attached hydrogens (tertiary/aromatic N) is 2. The van der Waals surface area contributed by atoms with Crippen LogP contribution in [-0.4, -0.2) is 10.1 Å². The highest BCUT2D eigenvalue weighted by atomic mass is 35.5. The normalized spacial score (nSPS) is 10.8. The lowest BCUT2D eigenvalue weighted by Crippen LogP contribution is -1.91. The quantitative estimate of drug-likeness (QED) is 0.653. The van der Waals surface area contributed by atoms with E-state index in [1.165, 1.54) is 0 Å². The van der Waals surface area contributed by atoms with E-state index >= 15 is 0 Å². The Morgan fingerprint density at radius 3 is 2.10 bits per heavy atom. The molecule has 3 nitrogen and oxygen atoms in total. The topological polar surface area (TPSA) is 38.9 Å². The summed E-state index contributed by atoms with van der Waals surface area (Å²) in [6, 6.07) is 16.0. The first-order valence-corrected chi connectivity index (χ1v) is 7.38. The average molecular weight is 319 g/mol. The Kier molecular flexibility index (Phi) is 4.23. The van der Waals surface area contributed by atoms with Gasteiger partial charge in [0.05, 0.1) is 0 Å². The molecule has 21 heavy (non-hydrogen) atoms. The molecule has 0 aliphatic rings. The maximum Gasteiger partial charge on any atom is 0.241 e. The van der Waals surface area contributed by atoms with E-state index in [1.54, 1.807) is 0 Å². The van der Waals surface area contributed by atoms with Gasteiger partial charge in [-0.15, -0.1) is 11.6 Å². The van der Waals surface area contributed by atoms with Crippen LogP contribution in [0.1, 0.15) is 17.3 Å². The molecule has 0 aliphatic carbocycles. The van der Waals surface area contributed by atoms with Gasteiger partial charge in [-0.3, -0.25) is 0 Å². The Balaban J connectivity index is 1.76. The van der Waals surface area contributed by atoms with Crippen LogP contribution in [0.5, 0.6) is 0 Å². The molecule has 0 aliphatic heterocycles. The zero-order valence-corrected chi connectivity index (χ0v) is 12.6. The molecule has 0 spiro atoms. The number of hydrogen-bond donors (Lipinski definition) is 0. The SMILES string of the molecule is ClCc1nc(Cc2ccc(-c3ccc(Cl)cc3)cc2)no1. The summed E-state index contributed by atoms with van der Waals surface area (Å²) in [4.78, 5) is 4.19. The van der Waals surface area contributed by atoms with Crippen molar-refractivity contribution in [3.63, 3.8) is 0 Å². The zero-order valence-electron chi connectivity index (χ0n) is 11.1. The van der Waals surface area contributed by atoms with Crippen LogP contribution in [-0.2, 0) is 12.3 Å². The lowest BCUT2D eigenvalue weighted by Gasteiger charge is -2.03. The van der Waals surface area contributed by atoms with Gasteiger partial charge in [-0.25, -0.2) is 0 Å². The highest BCUT2D eigenvalue weighted by Gasteiger charge is 2.06. The van der Waals surface area contributed by atoms with Crippen molar-refractivity contribution in [2.45, 2.75) is 12.3 Å². The molecule has 0 unspecified atom stereocenters. The number of halogens is 2. The van der Waals surface area contributed by atoms with Crippen molar-refractivity contribution < 1.29 is 4.52 Å². The van der Waals surface area contributed by atoms with Gasteiger partial charge in [0.15, 0.2) is 5.82 Å². The second kappa shape index (κ2) is 6.29. The molecular formula is C16H12Cl2N2O. The van der Waals surface area contributed by atoms with Crippen molar-refractivity contribution in [3.05, 3.63) is 70.8 Å². The van der Waals surface area contributed by atoms with E-state index in [0.717, 1.165) is 21.7 Å². The summed E-state index contributed by atoms with van der Waals surface area (Å²) < 4.78 is 4.98. The van der Waals surface area contributed by atoms with Crippen LogP contribution in [0.2, 0.25) is 5.02 Å². The Bertz CT molecular complexity index is 721. The maximum atomic E-state index is 5.90. The van der Waals surface area contributed by atoms with E-state index in [1.807, 2.05) is 24.3 Å². The van der Waals surface area contributed by atoms with Crippen molar-refractivity contribution in [2.24, 2.45) is 0 Å². The van der Waals surface area contributed by atoms with Gasteiger partial charge in [-0.2, -0.15) is 4.98 Å². The number of rotatable bonds is 4. The summed E-state index contributed by atoms with van der Waals surface area (Å²) in [6.45, 7) is 0. The molecule has 0 radical (unpaired) electrons. The molecule has 0 atom stereocenters. The fourth-order valence-electron chi connectivity index (χ4n) is 2.06. The lowest BCUT2D eigenvalue weighted by molar-refractivity contribution is 0.385. The first-order chi connectivity index (χ1) is 10.2. The molecule has 0 bridgehead atoms. The monoisotopic (exact) mass is 318 g/mol. The standard InChI is InChI=1S/C16H12Cl2N2O/c17-10-16-19-15(20-21-16)9-11-1-3-12(4-2-11)13-5-7-14(18)8-6-13/h1-8H,9-10H2. The molecular weight excluding hydrogens is 307 g/mol. The lowest BCUT2D eigenvalue weighted by atomic mass is 10.0. The zero-order chi connectivity index (χ0) is 14.7. The fraction of sp³-hybridized carbons (Fsp3) is 0.125. The van der Waals surface area contributed by atoms with E-state index in [2.05, 4.69) is 34.4 Å². The summed E-state index contributed by atoms with van der Waals surface area (Å²) in [5.41, 5.74) is 3.40. The van der Waals surface area contributed by atoms with Crippen molar-refractivity contribution >= 4 is 23.2 Å². The minimum absolute atomic E-state index is 0.239. The Hall–Kier alpha value is -1.84. The van der Waals surface area contributed by atoms with Crippen LogP contribution in [0.25, 0.3) is 11.1 Å². The molecule has 2 aromatic carbocycles. The molecule has 0 saturated heterocycles. The van der Waals surface area contributed by atoms with E-state index in [9.17, 15) is 0 Å². The summed E-state index contributed by atoms with van der Waals surface area (Å²) in [7, 11) is 0. The number of hydrogen-bond acceptors (Lipinski definition) is 3. The van der Waals surface area contributed by atoms with Gasteiger partial charge in [-0.1, -0.05) is 53.2 Å². The summed E-state index contributed by atoms with van der Waals surface area (Å²) in [5, 5.41) is 4.63. The van der Waals surface area contributed by atoms with Gasteiger partial charge in [0.2, 0.25) is 5.89 Å². The minimum atomic E-state index is 0.239. The first-order valence-electron chi connectivity index (χ1n) is 6.47. The van der Waals surface area contributed by atoms with Gasteiger partial charge < -0.3 is 4.52 Å². The van der Waals surface area contributed by atoms with Gasteiger partial charge >= 0.3 is 0 Å². The minimum Gasteiger partial charge on any atom is -0.338 e.